The molecule has 130 valence electrons. The molecule has 0 unspecified atom stereocenters. The molecular weight excluding hydrogens is 328 g/mol. The number of benzene rings is 3. The van der Waals surface area contributed by atoms with Crippen molar-refractivity contribution in [2.45, 2.75) is 26.7 Å². The lowest BCUT2D eigenvalue weighted by molar-refractivity contribution is 0.367. The van der Waals surface area contributed by atoms with Gasteiger partial charge in [-0.2, -0.15) is 0 Å². The molecule has 0 atom stereocenters. The summed E-state index contributed by atoms with van der Waals surface area (Å²) in [7, 11) is 0. The van der Waals surface area contributed by atoms with Gasteiger partial charge in [-0.1, -0.05) is 50.2 Å². The number of pyridine rings is 2. The minimum Gasteiger partial charge on any atom is -0.248 e. The molecule has 0 fully saturated rings. The zero-order valence-electron chi connectivity index (χ0n) is 15.6. The molecule has 6 rings (SSSR count). The summed E-state index contributed by atoms with van der Waals surface area (Å²) in [5, 5.41) is 5.19. The van der Waals surface area contributed by atoms with E-state index in [4.69, 9.17) is 9.97 Å². The number of aromatic nitrogens is 2. The Balaban J connectivity index is 1.95. The maximum absolute atomic E-state index is 5.01. The van der Waals surface area contributed by atoms with E-state index in [0.717, 1.165) is 34.9 Å². The molecule has 0 saturated carbocycles. The van der Waals surface area contributed by atoms with E-state index in [-0.39, 0.29) is 5.41 Å². The summed E-state index contributed by atoms with van der Waals surface area (Å²) in [5.41, 5.74) is 7.40. The van der Waals surface area contributed by atoms with E-state index < -0.39 is 0 Å². The SMILES string of the molecule is CC1(C)Cc2c3ccccc3nc3ccc4nc5ccccc5c(c4c23)C1. The van der Waals surface area contributed by atoms with Crippen molar-refractivity contribution in [1.29, 1.82) is 0 Å². The first-order valence-corrected chi connectivity index (χ1v) is 9.62. The summed E-state index contributed by atoms with van der Waals surface area (Å²) in [6.45, 7) is 4.78. The van der Waals surface area contributed by atoms with E-state index in [9.17, 15) is 0 Å². The second-order valence-electron chi connectivity index (χ2n) is 8.59. The van der Waals surface area contributed by atoms with Gasteiger partial charge in [-0.3, -0.25) is 0 Å². The van der Waals surface area contributed by atoms with Crippen molar-refractivity contribution in [3.05, 3.63) is 71.8 Å². The monoisotopic (exact) mass is 348 g/mol. The molecule has 0 saturated heterocycles. The zero-order valence-corrected chi connectivity index (χ0v) is 15.6. The van der Waals surface area contributed by atoms with E-state index in [1.807, 2.05) is 0 Å². The highest BCUT2D eigenvalue weighted by Crippen LogP contribution is 2.44. The maximum Gasteiger partial charge on any atom is 0.0720 e. The van der Waals surface area contributed by atoms with Crippen molar-refractivity contribution in [2.24, 2.45) is 5.41 Å². The van der Waals surface area contributed by atoms with Crippen LogP contribution in [0.15, 0.2) is 60.7 Å². The molecule has 2 heterocycles. The Hall–Kier alpha value is -3.00. The molecular formula is C25H20N2. The van der Waals surface area contributed by atoms with Crippen LogP contribution < -0.4 is 0 Å². The Morgan fingerprint density at radius 1 is 0.593 bits per heavy atom. The smallest absolute Gasteiger partial charge is 0.0720 e. The second kappa shape index (κ2) is 5.04. The standard InChI is InChI=1S/C25H20N2/c1-25(2)13-17-15-7-3-5-9-19(15)26-21-11-12-22-24(23(17)21)18(14-25)16-8-4-6-10-20(16)27-22/h3-12H,13-14H2,1-2H3. The molecule has 0 aliphatic heterocycles. The van der Waals surface area contributed by atoms with E-state index in [0.29, 0.717) is 0 Å². The predicted octanol–water partition coefficient (Wildman–Crippen LogP) is 6.21. The number of fused-ring (bicyclic) bond motifs is 4. The number of nitrogens with zero attached hydrogens (tertiary/aromatic N) is 2. The fourth-order valence-electron chi connectivity index (χ4n) is 4.95. The molecule has 5 aromatic rings. The Labute approximate surface area is 157 Å². The molecule has 1 aliphatic carbocycles. The average Bonchev–Trinajstić information content (AvgIpc) is 2.80. The third kappa shape index (κ3) is 2.07. The summed E-state index contributed by atoms with van der Waals surface area (Å²) in [5.74, 6) is 0. The average molecular weight is 348 g/mol. The summed E-state index contributed by atoms with van der Waals surface area (Å²) < 4.78 is 0. The van der Waals surface area contributed by atoms with Crippen LogP contribution in [0.5, 0.6) is 0 Å². The van der Waals surface area contributed by atoms with Gasteiger partial charge in [-0.05, 0) is 53.6 Å². The van der Waals surface area contributed by atoms with Crippen molar-refractivity contribution < 1.29 is 0 Å². The van der Waals surface area contributed by atoms with Gasteiger partial charge in [0.1, 0.15) is 0 Å². The molecule has 0 spiro atoms. The Kier molecular flexibility index (Phi) is 2.82. The molecule has 27 heavy (non-hydrogen) atoms. The molecule has 0 amide bonds. The van der Waals surface area contributed by atoms with Crippen LogP contribution >= 0.6 is 0 Å². The highest BCUT2D eigenvalue weighted by atomic mass is 14.7. The molecule has 0 bridgehead atoms. The first kappa shape index (κ1) is 15.1. The summed E-state index contributed by atoms with van der Waals surface area (Å²) in [4.78, 5) is 10.0. The maximum atomic E-state index is 5.01. The molecule has 2 nitrogen and oxygen atoms in total. The summed E-state index contributed by atoms with van der Waals surface area (Å²) in [6, 6.07) is 21.4. The van der Waals surface area contributed by atoms with Crippen molar-refractivity contribution in [3.63, 3.8) is 0 Å². The number of rotatable bonds is 0. The highest BCUT2D eigenvalue weighted by molar-refractivity contribution is 6.16. The van der Waals surface area contributed by atoms with Gasteiger partial charge in [-0.15, -0.1) is 0 Å². The topological polar surface area (TPSA) is 25.8 Å². The highest BCUT2D eigenvalue weighted by Gasteiger charge is 2.29. The lowest BCUT2D eigenvalue weighted by Gasteiger charge is -2.24. The van der Waals surface area contributed by atoms with E-state index in [2.05, 4.69) is 74.5 Å². The first-order valence-electron chi connectivity index (χ1n) is 9.62. The van der Waals surface area contributed by atoms with Gasteiger partial charge in [0.05, 0.1) is 22.1 Å². The zero-order chi connectivity index (χ0) is 18.2. The van der Waals surface area contributed by atoms with Crippen LogP contribution in [0, 0.1) is 5.41 Å². The molecule has 0 radical (unpaired) electrons. The molecule has 3 aromatic carbocycles. The summed E-state index contributed by atoms with van der Waals surface area (Å²) in [6.07, 6.45) is 2.10. The van der Waals surface area contributed by atoms with Gasteiger partial charge in [0, 0.05) is 21.5 Å². The second-order valence-corrected chi connectivity index (χ2v) is 8.59. The van der Waals surface area contributed by atoms with Gasteiger partial charge in [0.25, 0.3) is 0 Å². The fourth-order valence-corrected chi connectivity index (χ4v) is 4.95. The van der Waals surface area contributed by atoms with E-state index in [1.54, 1.807) is 0 Å². The lowest BCUT2D eigenvalue weighted by Crippen LogP contribution is -2.17. The molecule has 2 aromatic heterocycles. The Bertz CT molecular complexity index is 1290. The minimum atomic E-state index is 0.174. The van der Waals surface area contributed by atoms with Crippen molar-refractivity contribution in [1.82, 2.24) is 9.97 Å². The molecule has 0 N–H and O–H groups in total. The predicted molar refractivity (Wildman–Crippen MR) is 113 cm³/mol. The molecule has 1 aliphatic rings. The molecule has 2 heteroatoms. The van der Waals surface area contributed by atoms with Crippen molar-refractivity contribution in [3.8, 4) is 0 Å². The van der Waals surface area contributed by atoms with Crippen LogP contribution in [0.25, 0.3) is 43.6 Å². The van der Waals surface area contributed by atoms with Gasteiger partial charge < -0.3 is 0 Å². The first-order chi connectivity index (χ1) is 13.1. The van der Waals surface area contributed by atoms with Gasteiger partial charge in [0.2, 0.25) is 0 Å². The van der Waals surface area contributed by atoms with Gasteiger partial charge in [-0.25, -0.2) is 9.97 Å². The quantitative estimate of drug-likeness (QED) is 0.245. The summed E-state index contributed by atoms with van der Waals surface area (Å²) >= 11 is 0. The normalized spacial score (nSPS) is 15.8. The van der Waals surface area contributed by atoms with Crippen molar-refractivity contribution >= 4 is 43.6 Å². The Morgan fingerprint density at radius 2 is 1.04 bits per heavy atom. The third-order valence-corrected chi connectivity index (χ3v) is 6.02. The van der Waals surface area contributed by atoms with Gasteiger partial charge >= 0.3 is 0 Å². The largest absolute Gasteiger partial charge is 0.248 e. The van der Waals surface area contributed by atoms with Crippen LogP contribution in [0.4, 0.5) is 0 Å². The number of hydrogen-bond donors (Lipinski definition) is 0. The fraction of sp³-hybridized carbons (Fsp3) is 0.200. The van der Waals surface area contributed by atoms with Gasteiger partial charge in [0.15, 0.2) is 0 Å². The van der Waals surface area contributed by atoms with E-state index in [1.165, 1.54) is 32.7 Å². The third-order valence-electron chi connectivity index (χ3n) is 6.02. The number of hydrogen-bond acceptors (Lipinski definition) is 2. The van der Waals surface area contributed by atoms with Crippen LogP contribution in [0.1, 0.15) is 25.0 Å². The van der Waals surface area contributed by atoms with Crippen molar-refractivity contribution in [2.75, 3.05) is 0 Å². The van der Waals surface area contributed by atoms with Crippen LogP contribution in [0.3, 0.4) is 0 Å². The lowest BCUT2D eigenvalue weighted by atomic mass is 9.80. The van der Waals surface area contributed by atoms with Crippen LogP contribution in [-0.2, 0) is 12.8 Å². The minimum absolute atomic E-state index is 0.174. The van der Waals surface area contributed by atoms with E-state index >= 15 is 0 Å². The number of para-hydroxylation sites is 2. The van der Waals surface area contributed by atoms with Crippen LogP contribution in [-0.4, -0.2) is 9.97 Å². The van der Waals surface area contributed by atoms with Crippen LogP contribution in [0.2, 0.25) is 0 Å². The Morgan fingerprint density at radius 3 is 1.52 bits per heavy atom.